The molecule has 1 heterocycles. The van der Waals surface area contributed by atoms with E-state index < -0.39 is 0 Å². The van der Waals surface area contributed by atoms with E-state index in [0.29, 0.717) is 37.6 Å². The van der Waals surface area contributed by atoms with E-state index in [2.05, 4.69) is 10.6 Å². The van der Waals surface area contributed by atoms with Gasteiger partial charge in [-0.1, -0.05) is 12.1 Å². The average Bonchev–Trinajstić information content (AvgIpc) is 2.61. The number of benzene rings is 1. The van der Waals surface area contributed by atoms with Crippen LogP contribution < -0.4 is 15.4 Å². The fourth-order valence-corrected chi connectivity index (χ4v) is 2.58. The van der Waals surface area contributed by atoms with Gasteiger partial charge in [-0.15, -0.1) is 0 Å². The molecule has 1 fully saturated rings. The lowest BCUT2D eigenvalue weighted by molar-refractivity contribution is -0.135. The Balaban J connectivity index is 1.88. The third-order valence-corrected chi connectivity index (χ3v) is 3.87. The van der Waals surface area contributed by atoms with Crippen LogP contribution in [0.15, 0.2) is 24.3 Å². The summed E-state index contributed by atoms with van der Waals surface area (Å²) in [6.45, 7) is 4.30. The number of rotatable bonds is 7. The highest BCUT2D eigenvalue weighted by atomic mass is 16.5. The number of nitrogens with zero attached hydrogens (tertiary/aromatic N) is 1. The van der Waals surface area contributed by atoms with Crippen LogP contribution in [0.5, 0.6) is 5.75 Å². The van der Waals surface area contributed by atoms with Crippen molar-refractivity contribution in [3.05, 3.63) is 24.3 Å². The molecule has 2 rings (SSSR count). The van der Waals surface area contributed by atoms with E-state index >= 15 is 0 Å². The molecule has 0 bridgehead atoms. The van der Waals surface area contributed by atoms with E-state index in [1.807, 2.05) is 19.1 Å². The number of anilines is 1. The molecule has 0 spiro atoms. The van der Waals surface area contributed by atoms with Gasteiger partial charge in [0, 0.05) is 25.6 Å². The highest BCUT2D eigenvalue weighted by Crippen LogP contribution is 2.22. The van der Waals surface area contributed by atoms with Crippen molar-refractivity contribution in [1.82, 2.24) is 10.2 Å². The van der Waals surface area contributed by atoms with Crippen molar-refractivity contribution in [2.75, 3.05) is 45.3 Å². The lowest BCUT2D eigenvalue weighted by Gasteiger charge is -2.26. The maximum Gasteiger partial charge on any atom is 0.244 e. The molecule has 24 heavy (non-hydrogen) atoms. The predicted molar refractivity (Wildman–Crippen MR) is 91.1 cm³/mol. The SMILES string of the molecule is CCN(CC(=O)Nc1ccccc1OC)C(=O)CC1COCCN1. The fourth-order valence-electron chi connectivity index (χ4n) is 2.58. The number of carbonyl (C=O) groups is 2. The van der Waals surface area contributed by atoms with Crippen molar-refractivity contribution in [1.29, 1.82) is 0 Å². The van der Waals surface area contributed by atoms with E-state index in [4.69, 9.17) is 9.47 Å². The third-order valence-electron chi connectivity index (χ3n) is 3.87. The molecule has 1 aromatic rings. The number of ether oxygens (including phenoxy) is 2. The Morgan fingerprint density at radius 3 is 2.88 bits per heavy atom. The molecule has 1 saturated heterocycles. The van der Waals surface area contributed by atoms with Gasteiger partial charge >= 0.3 is 0 Å². The summed E-state index contributed by atoms with van der Waals surface area (Å²) in [6.07, 6.45) is 0.329. The molecular weight excluding hydrogens is 310 g/mol. The lowest BCUT2D eigenvalue weighted by Crippen LogP contribution is -2.46. The van der Waals surface area contributed by atoms with Crippen LogP contribution in [0, 0.1) is 0 Å². The minimum atomic E-state index is -0.248. The summed E-state index contributed by atoms with van der Waals surface area (Å²) in [5.41, 5.74) is 0.593. The lowest BCUT2D eigenvalue weighted by atomic mass is 10.2. The number of morpholine rings is 1. The van der Waals surface area contributed by atoms with E-state index in [9.17, 15) is 9.59 Å². The molecule has 1 aliphatic heterocycles. The van der Waals surface area contributed by atoms with Crippen LogP contribution in [0.1, 0.15) is 13.3 Å². The van der Waals surface area contributed by atoms with Gasteiger partial charge in [-0.2, -0.15) is 0 Å². The number of para-hydroxylation sites is 2. The van der Waals surface area contributed by atoms with Crippen LogP contribution in [0.4, 0.5) is 5.69 Å². The Kier molecular flexibility index (Phi) is 7.02. The summed E-state index contributed by atoms with van der Waals surface area (Å²) in [4.78, 5) is 26.2. The van der Waals surface area contributed by atoms with Crippen molar-refractivity contribution >= 4 is 17.5 Å². The van der Waals surface area contributed by atoms with Gasteiger partial charge in [0.25, 0.3) is 0 Å². The van der Waals surface area contributed by atoms with Gasteiger partial charge in [0.05, 0.1) is 32.6 Å². The largest absolute Gasteiger partial charge is 0.495 e. The normalized spacial score (nSPS) is 17.2. The Bertz CT molecular complexity index is 559. The first-order chi connectivity index (χ1) is 11.6. The number of amides is 2. The molecule has 2 amide bonds. The molecule has 1 aliphatic rings. The smallest absolute Gasteiger partial charge is 0.244 e. The molecule has 1 unspecified atom stereocenters. The quantitative estimate of drug-likeness (QED) is 0.773. The Labute approximate surface area is 142 Å². The molecule has 0 radical (unpaired) electrons. The number of methoxy groups -OCH3 is 1. The maximum atomic E-state index is 12.4. The van der Waals surface area contributed by atoms with Crippen molar-refractivity contribution in [3.8, 4) is 5.75 Å². The van der Waals surface area contributed by atoms with Crippen LogP contribution >= 0.6 is 0 Å². The Morgan fingerprint density at radius 2 is 2.21 bits per heavy atom. The molecule has 2 N–H and O–H groups in total. The zero-order valence-electron chi connectivity index (χ0n) is 14.2. The first-order valence-corrected chi connectivity index (χ1v) is 8.15. The predicted octanol–water partition coefficient (Wildman–Crippen LogP) is 0.861. The van der Waals surface area contributed by atoms with Crippen LogP contribution in [0.2, 0.25) is 0 Å². The third kappa shape index (κ3) is 5.21. The highest BCUT2D eigenvalue weighted by Gasteiger charge is 2.22. The summed E-state index contributed by atoms with van der Waals surface area (Å²) in [7, 11) is 1.55. The van der Waals surface area contributed by atoms with Gasteiger partial charge < -0.3 is 25.0 Å². The summed E-state index contributed by atoms with van der Waals surface area (Å²) in [6, 6.07) is 7.19. The maximum absolute atomic E-state index is 12.4. The molecule has 1 atom stereocenters. The molecular formula is C17H25N3O4. The van der Waals surface area contributed by atoms with Crippen LogP contribution in [-0.2, 0) is 14.3 Å². The second-order valence-corrected chi connectivity index (χ2v) is 5.59. The van der Waals surface area contributed by atoms with Crippen molar-refractivity contribution in [3.63, 3.8) is 0 Å². The Hall–Kier alpha value is -2.12. The van der Waals surface area contributed by atoms with Crippen molar-refractivity contribution in [2.24, 2.45) is 0 Å². The number of nitrogens with one attached hydrogen (secondary N) is 2. The topological polar surface area (TPSA) is 79.9 Å². The van der Waals surface area contributed by atoms with Gasteiger partial charge in [0.2, 0.25) is 11.8 Å². The number of hydrogen-bond acceptors (Lipinski definition) is 5. The van der Waals surface area contributed by atoms with E-state index in [-0.39, 0.29) is 24.4 Å². The van der Waals surface area contributed by atoms with Gasteiger partial charge in [-0.3, -0.25) is 9.59 Å². The number of carbonyl (C=O) groups excluding carboxylic acids is 2. The van der Waals surface area contributed by atoms with Gasteiger partial charge in [0.1, 0.15) is 5.75 Å². The minimum absolute atomic E-state index is 0.0116. The second-order valence-electron chi connectivity index (χ2n) is 5.59. The minimum Gasteiger partial charge on any atom is -0.495 e. The molecule has 0 aromatic heterocycles. The number of likely N-dealkylation sites (N-methyl/N-ethyl adjacent to an activating group) is 1. The summed E-state index contributed by atoms with van der Waals surface area (Å²) < 4.78 is 10.6. The van der Waals surface area contributed by atoms with Crippen LogP contribution in [0.3, 0.4) is 0 Å². The summed E-state index contributed by atoms with van der Waals surface area (Å²) in [5.74, 6) is 0.280. The number of hydrogen-bond donors (Lipinski definition) is 2. The molecule has 7 nitrogen and oxygen atoms in total. The standard InChI is InChI=1S/C17H25N3O4/c1-3-20(17(22)10-13-12-24-9-8-18-13)11-16(21)19-14-6-4-5-7-15(14)23-2/h4-7,13,18H,3,8-12H2,1-2H3,(H,19,21). The zero-order valence-corrected chi connectivity index (χ0v) is 14.2. The van der Waals surface area contributed by atoms with E-state index in [0.717, 1.165) is 6.54 Å². The first-order valence-electron chi connectivity index (χ1n) is 8.15. The van der Waals surface area contributed by atoms with Gasteiger partial charge in [-0.25, -0.2) is 0 Å². The monoisotopic (exact) mass is 335 g/mol. The fraction of sp³-hybridized carbons (Fsp3) is 0.529. The second kappa shape index (κ2) is 9.24. The first kappa shape index (κ1) is 18.2. The molecule has 7 heteroatoms. The molecule has 132 valence electrons. The van der Waals surface area contributed by atoms with Gasteiger partial charge in [0.15, 0.2) is 0 Å². The highest BCUT2D eigenvalue weighted by molar-refractivity contribution is 5.95. The zero-order chi connectivity index (χ0) is 17.4. The molecule has 1 aromatic carbocycles. The van der Waals surface area contributed by atoms with Crippen LogP contribution in [0.25, 0.3) is 0 Å². The van der Waals surface area contributed by atoms with E-state index in [1.165, 1.54) is 0 Å². The summed E-state index contributed by atoms with van der Waals surface area (Å²) >= 11 is 0. The van der Waals surface area contributed by atoms with Crippen LogP contribution in [-0.4, -0.2) is 62.7 Å². The molecule has 0 saturated carbocycles. The van der Waals surface area contributed by atoms with Crippen molar-refractivity contribution < 1.29 is 19.1 Å². The Morgan fingerprint density at radius 1 is 1.42 bits per heavy atom. The van der Waals surface area contributed by atoms with Gasteiger partial charge in [-0.05, 0) is 19.1 Å². The average molecular weight is 335 g/mol. The summed E-state index contributed by atoms with van der Waals surface area (Å²) in [5, 5.41) is 6.03. The molecule has 0 aliphatic carbocycles. The van der Waals surface area contributed by atoms with Crippen molar-refractivity contribution in [2.45, 2.75) is 19.4 Å². The van der Waals surface area contributed by atoms with E-state index in [1.54, 1.807) is 24.1 Å².